The Hall–Kier alpha value is -3.67. The van der Waals surface area contributed by atoms with E-state index in [0.717, 1.165) is 54.0 Å². The highest BCUT2D eigenvalue weighted by Gasteiger charge is 2.11. The van der Waals surface area contributed by atoms with Crippen molar-refractivity contribution in [3.05, 3.63) is 90.0 Å². The van der Waals surface area contributed by atoms with E-state index in [4.69, 9.17) is 9.72 Å². The molecule has 0 aliphatic heterocycles. The average Bonchev–Trinajstić information content (AvgIpc) is 3.18. The van der Waals surface area contributed by atoms with Crippen molar-refractivity contribution in [2.75, 3.05) is 13.2 Å². The second-order valence-electron chi connectivity index (χ2n) is 7.74. The number of imidazole rings is 1. The highest BCUT2D eigenvalue weighted by atomic mass is 16.5. The number of hydrogen-bond donors (Lipinski definition) is 1. The van der Waals surface area contributed by atoms with E-state index >= 15 is 0 Å². The lowest BCUT2D eigenvalue weighted by molar-refractivity contribution is 0.0952. The minimum absolute atomic E-state index is 0.0973. The lowest BCUT2D eigenvalue weighted by atomic mass is 10.2. The fourth-order valence-corrected chi connectivity index (χ4v) is 3.74. The molecule has 0 fully saturated rings. The molecule has 1 amide bonds. The monoisotopic (exact) mass is 428 g/mol. The van der Waals surface area contributed by atoms with Gasteiger partial charge in [0.1, 0.15) is 11.6 Å². The second kappa shape index (κ2) is 10.6. The molecule has 0 saturated heterocycles. The smallest absolute Gasteiger partial charge is 0.252 e. The van der Waals surface area contributed by atoms with Crippen LogP contribution in [0.4, 0.5) is 0 Å². The SMILES string of the molecule is Cc1ccccc1OCCCn1c(CCCNC(=O)c2cccnc2)nc2ccccc21. The summed E-state index contributed by atoms with van der Waals surface area (Å²) in [6.07, 6.45) is 5.73. The highest BCUT2D eigenvalue weighted by molar-refractivity contribution is 5.93. The normalized spacial score (nSPS) is 10.9. The predicted molar refractivity (Wildman–Crippen MR) is 126 cm³/mol. The maximum atomic E-state index is 12.2. The quantitative estimate of drug-likeness (QED) is 0.376. The average molecular weight is 429 g/mol. The number of benzene rings is 2. The summed E-state index contributed by atoms with van der Waals surface area (Å²) >= 11 is 0. The second-order valence-corrected chi connectivity index (χ2v) is 7.74. The van der Waals surface area contributed by atoms with Crippen LogP contribution in [-0.2, 0) is 13.0 Å². The lowest BCUT2D eigenvalue weighted by Gasteiger charge is -2.12. The molecule has 0 aliphatic carbocycles. The Balaban J connectivity index is 1.33. The lowest BCUT2D eigenvalue weighted by Crippen LogP contribution is -2.25. The fraction of sp³-hybridized carbons (Fsp3) is 0.269. The first kappa shape index (κ1) is 21.6. The van der Waals surface area contributed by atoms with E-state index < -0.39 is 0 Å². The van der Waals surface area contributed by atoms with Gasteiger partial charge < -0.3 is 14.6 Å². The standard InChI is InChI=1S/C26H28N4O2/c1-20-9-2-5-13-24(20)32-18-8-17-30-23-12-4-3-11-22(23)29-25(30)14-7-16-28-26(31)21-10-6-15-27-19-21/h2-6,9-13,15,19H,7-8,14,16-18H2,1H3,(H,28,31). The minimum atomic E-state index is -0.0973. The number of para-hydroxylation sites is 3. The molecule has 6 heteroatoms. The fourth-order valence-electron chi connectivity index (χ4n) is 3.74. The third-order valence-corrected chi connectivity index (χ3v) is 5.40. The molecule has 0 unspecified atom stereocenters. The van der Waals surface area contributed by atoms with Crippen molar-refractivity contribution in [2.24, 2.45) is 0 Å². The van der Waals surface area contributed by atoms with Crippen molar-refractivity contribution < 1.29 is 9.53 Å². The van der Waals surface area contributed by atoms with Crippen LogP contribution < -0.4 is 10.1 Å². The first-order chi connectivity index (χ1) is 15.7. The molecule has 2 aromatic carbocycles. The van der Waals surface area contributed by atoms with Gasteiger partial charge in [0.25, 0.3) is 5.91 Å². The Morgan fingerprint density at radius 2 is 1.88 bits per heavy atom. The number of aryl methyl sites for hydroxylation is 3. The Bertz CT molecular complexity index is 1170. The van der Waals surface area contributed by atoms with Crippen LogP contribution in [0.5, 0.6) is 5.75 Å². The van der Waals surface area contributed by atoms with Crippen LogP contribution in [-0.4, -0.2) is 33.6 Å². The van der Waals surface area contributed by atoms with Gasteiger partial charge in [0.05, 0.1) is 23.2 Å². The molecule has 0 bridgehead atoms. The van der Waals surface area contributed by atoms with Crippen molar-refractivity contribution in [1.82, 2.24) is 19.9 Å². The maximum Gasteiger partial charge on any atom is 0.252 e. The summed E-state index contributed by atoms with van der Waals surface area (Å²) in [5.41, 5.74) is 3.86. The zero-order chi connectivity index (χ0) is 22.2. The molecule has 6 nitrogen and oxygen atoms in total. The van der Waals surface area contributed by atoms with Gasteiger partial charge in [0, 0.05) is 31.9 Å². The summed E-state index contributed by atoms with van der Waals surface area (Å²) in [7, 11) is 0. The zero-order valence-electron chi connectivity index (χ0n) is 18.3. The van der Waals surface area contributed by atoms with Gasteiger partial charge in [-0.15, -0.1) is 0 Å². The Labute approximate surface area is 188 Å². The van der Waals surface area contributed by atoms with Crippen molar-refractivity contribution >= 4 is 16.9 Å². The molecule has 2 aromatic heterocycles. The maximum absolute atomic E-state index is 12.2. The van der Waals surface area contributed by atoms with E-state index in [0.29, 0.717) is 18.7 Å². The predicted octanol–water partition coefficient (Wildman–Crippen LogP) is 4.57. The molecular formula is C26H28N4O2. The first-order valence-corrected chi connectivity index (χ1v) is 11.0. The summed E-state index contributed by atoms with van der Waals surface area (Å²) in [4.78, 5) is 21.0. The van der Waals surface area contributed by atoms with Crippen LogP contribution in [0.25, 0.3) is 11.0 Å². The summed E-state index contributed by atoms with van der Waals surface area (Å²) < 4.78 is 8.24. The molecule has 0 atom stereocenters. The molecule has 0 spiro atoms. The Morgan fingerprint density at radius 3 is 2.72 bits per heavy atom. The summed E-state index contributed by atoms with van der Waals surface area (Å²) in [5, 5.41) is 2.96. The van der Waals surface area contributed by atoms with Gasteiger partial charge in [-0.1, -0.05) is 30.3 Å². The van der Waals surface area contributed by atoms with Crippen LogP contribution in [0.15, 0.2) is 73.1 Å². The molecule has 4 aromatic rings. The molecule has 0 aliphatic rings. The van der Waals surface area contributed by atoms with E-state index in [-0.39, 0.29) is 5.91 Å². The number of pyridine rings is 1. The highest BCUT2D eigenvalue weighted by Crippen LogP contribution is 2.19. The molecule has 1 N–H and O–H groups in total. The van der Waals surface area contributed by atoms with Gasteiger partial charge in [-0.05, 0) is 55.7 Å². The number of nitrogens with zero attached hydrogens (tertiary/aromatic N) is 3. The number of carbonyl (C=O) groups is 1. The summed E-state index contributed by atoms with van der Waals surface area (Å²) in [6, 6.07) is 19.8. The first-order valence-electron chi connectivity index (χ1n) is 11.0. The third kappa shape index (κ3) is 5.32. The number of fused-ring (bicyclic) bond motifs is 1. The van der Waals surface area contributed by atoms with Gasteiger partial charge in [-0.3, -0.25) is 9.78 Å². The van der Waals surface area contributed by atoms with Crippen LogP contribution in [0, 0.1) is 6.92 Å². The van der Waals surface area contributed by atoms with Gasteiger partial charge >= 0.3 is 0 Å². The zero-order valence-corrected chi connectivity index (χ0v) is 18.3. The Morgan fingerprint density at radius 1 is 1.03 bits per heavy atom. The van der Waals surface area contributed by atoms with Gasteiger partial charge in [0.15, 0.2) is 0 Å². The minimum Gasteiger partial charge on any atom is -0.493 e. The number of hydrogen-bond acceptors (Lipinski definition) is 4. The number of rotatable bonds is 10. The van der Waals surface area contributed by atoms with E-state index in [1.54, 1.807) is 24.5 Å². The van der Waals surface area contributed by atoms with Gasteiger partial charge in [0.2, 0.25) is 0 Å². The summed E-state index contributed by atoms with van der Waals surface area (Å²) in [6.45, 7) is 4.14. The van der Waals surface area contributed by atoms with Crippen molar-refractivity contribution in [3.63, 3.8) is 0 Å². The van der Waals surface area contributed by atoms with Crippen LogP contribution in [0.1, 0.15) is 34.6 Å². The summed E-state index contributed by atoms with van der Waals surface area (Å²) in [5.74, 6) is 1.88. The van der Waals surface area contributed by atoms with E-state index in [1.807, 2.05) is 36.4 Å². The van der Waals surface area contributed by atoms with Crippen molar-refractivity contribution in [2.45, 2.75) is 32.7 Å². The van der Waals surface area contributed by atoms with Gasteiger partial charge in [-0.2, -0.15) is 0 Å². The molecule has 32 heavy (non-hydrogen) atoms. The number of aromatic nitrogens is 3. The van der Waals surface area contributed by atoms with Crippen molar-refractivity contribution in [1.29, 1.82) is 0 Å². The molecule has 4 rings (SSSR count). The number of ether oxygens (including phenoxy) is 1. The number of nitrogens with one attached hydrogen (secondary N) is 1. The topological polar surface area (TPSA) is 69.0 Å². The number of amides is 1. The number of carbonyl (C=O) groups excluding carboxylic acids is 1. The molecule has 0 saturated carbocycles. The molecule has 2 heterocycles. The Kier molecular flexibility index (Phi) is 7.12. The van der Waals surface area contributed by atoms with Gasteiger partial charge in [-0.25, -0.2) is 4.98 Å². The van der Waals surface area contributed by atoms with E-state index in [2.05, 4.69) is 33.9 Å². The van der Waals surface area contributed by atoms with Crippen molar-refractivity contribution in [3.8, 4) is 5.75 Å². The third-order valence-electron chi connectivity index (χ3n) is 5.40. The van der Waals surface area contributed by atoms with E-state index in [1.165, 1.54) is 0 Å². The molecule has 164 valence electrons. The molecular weight excluding hydrogens is 400 g/mol. The van der Waals surface area contributed by atoms with E-state index in [9.17, 15) is 4.79 Å². The molecule has 0 radical (unpaired) electrons. The van der Waals surface area contributed by atoms with Crippen LogP contribution >= 0.6 is 0 Å². The largest absolute Gasteiger partial charge is 0.493 e. The van der Waals surface area contributed by atoms with Crippen LogP contribution in [0.2, 0.25) is 0 Å². The van der Waals surface area contributed by atoms with Crippen LogP contribution in [0.3, 0.4) is 0 Å².